The Morgan fingerprint density at radius 3 is 2.38 bits per heavy atom. The average molecular weight is 588 g/mol. The van der Waals surface area contributed by atoms with Gasteiger partial charge in [-0.1, -0.05) is 66.9 Å². The first-order valence-electron chi connectivity index (χ1n) is 14.8. The number of nitrogens with one attached hydrogen (secondary N) is 1. The summed E-state index contributed by atoms with van der Waals surface area (Å²) in [5, 5.41) is 3.97. The van der Waals surface area contributed by atoms with E-state index in [1.54, 1.807) is 24.1 Å². The van der Waals surface area contributed by atoms with Crippen LogP contribution in [0.5, 0.6) is 5.75 Å². The Balaban J connectivity index is 1.32. The number of piperidine rings is 1. The number of methoxy groups -OCH3 is 1. The van der Waals surface area contributed by atoms with Gasteiger partial charge >= 0.3 is 0 Å². The maximum absolute atomic E-state index is 13.9. The largest absolute Gasteiger partial charge is 0.496 e. The van der Waals surface area contributed by atoms with E-state index in [1.165, 1.54) is 0 Å². The summed E-state index contributed by atoms with van der Waals surface area (Å²) in [6.45, 7) is 1.39. The van der Waals surface area contributed by atoms with Crippen molar-refractivity contribution in [2.45, 2.75) is 57.2 Å². The molecule has 1 heterocycles. The molecule has 3 aromatic rings. The summed E-state index contributed by atoms with van der Waals surface area (Å²) in [4.78, 5) is 44.6. The van der Waals surface area contributed by atoms with Crippen molar-refractivity contribution < 1.29 is 19.1 Å². The van der Waals surface area contributed by atoms with Crippen LogP contribution in [0.15, 0.2) is 78.9 Å². The number of para-hydroxylation sites is 1. The Labute approximate surface area is 252 Å². The molecule has 0 bridgehead atoms. The summed E-state index contributed by atoms with van der Waals surface area (Å²) >= 11 is 6.13. The molecule has 1 saturated heterocycles. The third-order valence-corrected chi connectivity index (χ3v) is 8.67. The molecule has 1 saturated carbocycles. The van der Waals surface area contributed by atoms with Gasteiger partial charge in [-0.3, -0.25) is 14.4 Å². The highest BCUT2D eigenvalue weighted by Crippen LogP contribution is 2.29. The van der Waals surface area contributed by atoms with Gasteiger partial charge in [-0.05, 0) is 67.6 Å². The van der Waals surface area contributed by atoms with E-state index in [4.69, 9.17) is 16.3 Å². The minimum absolute atomic E-state index is 0.0528. The molecule has 3 atom stereocenters. The Hall–Kier alpha value is -3.84. The molecule has 1 aliphatic heterocycles. The van der Waals surface area contributed by atoms with Crippen LogP contribution in [0.1, 0.15) is 64.8 Å². The molecular formula is C34H38ClN3O4. The lowest BCUT2D eigenvalue weighted by molar-refractivity contribution is -0.127. The lowest BCUT2D eigenvalue weighted by atomic mass is 9.87. The first-order chi connectivity index (χ1) is 20.4. The summed E-state index contributed by atoms with van der Waals surface area (Å²) in [6.07, 6.45) is 5.05. The highest BCUT2D eigenvalue weighted by molar-refractivity contribution is 6.30. The van der Waals surface area contributed by atoms with E-state index in [0.717, 1.165) is 44.1 Å². The smallest absolute Gasteiger partial charge is 0.257 e. The van der Waals surface area contributed by atoms with Crippen LogP contribution in [0.3, 0.4) is 0 Å². The monoisotopic (exact) mass is 587 g/mol. The summed E-state index contributed by atoms with van der Waals surface area (Å²) in [5.41, 5.74) is 2.11. The fourth-order valence-electron chi connectivity index (χ4n) is 6.19. The number of carbonyl (C=O) groups excluding carboxylic acids is 3. The molecule has 1 aliphatic carbocycles. The second-order valence-corrected chi connectivity index (χ2v) is 11.6. The number of halogens is 1. The normalized spacial score (nSPS) is 20.4. The maximum Gasteiger partial charge on any atom is 0.257 e. The van der Waals surface area contributed by atoms with Gasteiger partial charge < -0.3 is 19.9 Å². The van der Waals surface area contributed by atoms with Crippen LogP contribution in [0.25, 0.3) is 0 Å². The molecule has 2 fully saturated rings. The standard InChI is InChI=1S/C34H38ClN3O4/c1-42-31-16-8-5-13-28(31)34(41)37-21-9-12-26(23-37)32(39)36-29-14-6-7-15-30(29)38(22-24-17-19-27(35)20-18-24)33(40)25-10-3-2-4-11-25/h2-5,8,10-11,13,16-20,26,29-30H,6-7,9,12,14-15,21-23H2,1H3,(H,36,39)/t26?,29?,30-/m1/s1. The molecule has 1 N–H and O–H groups in total. The minimum atomic E-state index is -0.311. The van der Waals surface area contributed by atoms with Crippen LogP contribution in [-0.2, 0) is 11.3 Å². The van der Waals surface area contributed by atoms with Gasteiger partial charge in [-0.25, -0.2) is 0 Å². The van der Waals surface area contributed by atoms with E-state index < -0.39 is 0 Å². The highest BCUT2D eigenvalue weighted by atomic mass is 35.5. The first-order valence-corrected chi connectivity index (χ1v) is 15.2. The van der Waals surface area contributed by atoms with Gasteiger partial charge in [0.1, 0.15) is 5.75 Å². The number of hydrogen-bond donors (Lipinski definition) is 1. The van der Waals surface area contributed by atoms with Crippen molar-refractivity contribution in [3.63, 3.8) is 0 Å². The van der Waals surface area contributed by atoms with Gasteiger partial charge in [0.15, 0.2) is 0 Å². The van der Waals surface area contributed by atoms with Gasteiger partial charge in [0, 0.05) is 36.3 Å². The van der Waals surface area contributed by atoms with Crippen molar-refractivity contribution in [2.24, 2.45) is 5.92 Å². The zero-order valence-electron chi connectivity index (χ0n) is 24.0. The van der Waals surface area contributed by atoms with Gasteiger partial charge in [-0.2, -0.15) is 0 Å². The van der Waals surface area contributed by atoms with Gasteiger partial charge in [-0.15, -0.1) is 0 Å². The van der Waals surface area contributed by atoms with Crippen molar-refractivity contribution in [3.05, 3.63) is 101 Å². The minimum Gasteiger partial charge on any atom is -0.496 e. The van der Waals surface area contributed by atoms with Gasteiger partial charge in [0.05, 0.1) is 24.6 Å². The van der Waals surface area contributed by atoms with Gasteiger partial charge in [0.2, 0.25) is 5.91 Å². The molecule has 0 aromatic heterocycles. The SMILES string of the molecule is COc1ccccc1C(=O)N1CCCC(C(=O)NC2CCCC[C@H]2N(Cc2ccc(Cl)cc2)C(=O)c2ccccc2)C1. The molecular weight excluding hydrogens is 550 g/mol. The van der Waals surface area contributed by atoms with Gasteiger partial charge in [0.25, 0.3) is 11.8 Å². The summed E-state index contributed by atoms with van der Waals surface area (Å²) in [6, 6.07) is 23.7. The fourth-order valence-corrected chi connectivity index (χ4v) is 6.32. The zero-order valence-corrected chi connectivity index (χ0v) is 24.8. The Kier molecular flexibility index (Phi) is 9.80. The lowest BCUT2D eigenvalue weighted by Crippen LogP contribution is -2.56. The van der Waals surface area contributed by atoms with Crippen molar-refractivity contribution in [3.8, 4) is 5.75 Å². The van der Waals surface area contributed by atoms with Crippen molar-refractivity contribution in [2.75, 3.05) is 20.2 Å². The molecule has 8 heteroatoms. The summed E-state index contributed by atoms with van der Waals surface area (Å²) in [7, 11) is 1.55. The van der Waals surface area contributed by atoms with Crippen molar-refractivity contribution in [1.29, 1.82) is 0 Å². The molecule has 7 nitrogen and oxygen atoms in total. The number of amides is 3. The van der Waals surface area contributed by atoms with E-state index >= 15 is 0 Å². The molecule has 3 aromatic carbocycles. The van der Waals surface area contributed by atoms with Crippen molar-refractivity contribution >= 4 is 29.3 Å². The predicted molar refractivity (Wildman–Crippen MR) is 164 cm³/mol. The maximum atomic E-state index is 13.9. The fraction of sp³-hybridized carbons (Fsp3) is 0.382. The number of benzene rings is 3. The molecule has 220 valence electrons. The number of nitrogens with zero attached hydrogens (tertiary/aromatic N) is 2. The van der Waals surface area contributed by atoms with E-state index in [2.05, 4.69) is 5.32 Å². The Bertz CT molecular complexity index is 1380. The first kappa shape index (κ1) is 29.6. The van der Waals surface area contributed by atoms with E-state index in [0.29, 0.717) is 41.5 Å². The zero-order chi connectivity index (χ0) is 29.5. The molecule has 0 spiro atoms. The number of rotatable bonds is 8. The predicted octanol–water partition coefficient (Wildman–Crippen LogP) is 5.97. The van der Waals surface area contributed by atoms with E-state index in [-0.39, 0.29) is 35.7 Å². The summed E-state index contributed by atoms with van der Waals surface area (Å²) in [5.74, 6) is -0.00780. The quantitative estimate of drug-likeness (QED) is 0.352. The van der Waals surface area contributed by atoms with E-state index in [1.807, 2.05) is 71.6 Å². The number of carbonyl (C=O) groups is 3. The highest BCUT2D eigenvalue weighted by Gasteiger charge is 2.37. The van der Waals surface area contributed by atoms with E-state index in [9.17, 15) is 14.4 Å². The van der Waals surface area contributed by atoms with Crippen LogP contribution >= 0.6 is 11.6 Å². The third kappa shape index (κ3) is 6.96. The number of likely N-dealkylation sites (tertiary alicyclic amines) is 1. The van der Waals surface area contributed by atoms with Crippen LogP contribution in [-0.4, -0.2) is 59.8 Å². The molecule has 3 amide bonds. The molecule has 2 unspecified atom stereocenters. The molecule has 0 radical (unpaired) electrons. The second kappa shape index (κ2) is 13.9. The van der Waals surface area contributed by atoms with Crippen LogP contribution in [0.4, 0.5) is 0 Å². The number of ether oxygens (including phenoxy) is 1. The second-order valence-electron chi connectivity index (χ2n) is 11.2. The molecule has 42 heavy (non-hydrogen) atoms. The number of hydrogen-bond acceptors (Lipinski definition) is 4. The average Bonchev–Trinajstić information content (AvgIpc) is 3.04. The third-order valence-electron chi connectivity index (χ3n) is 8.42. The Morgan fingerprint density at radius 2 is 1.62 bits per heavy atom. The topological polar surface area (TPSA) is 79.0 Å². The molecule has 2 aliphatic rings. The van der Waals surface area contributed by atoms with Crippen LogP contribution < -0.4 is 10.1 Å². The van der Waals surface area contributed by atoms with Crippen LogP contribution in [0, 0.1) is 5.92 Å². The summed E-state index contributed by atoms with van der Waals surface area (Å²) < 4.78 is 5.40. The Morgan fingerprint density at radius 1 is 0.905 bits per heavy atom. The lowest BCUT2D eigenvalue weighted by Gasteiger charge is -2.41. The molecule has 5 rings (SSSR count). The van der Waals surface area contributed by atoms with Crippen LogP contribution in [0.2, 0.25) is 5.02 Å². The van der Waals surface area contributed by atoms with Crippen molar-refractivity contribution in [1.82, 2.24) is 15.1 Å².